The van der Waals surface area contributed by atoms with Gasteiger partial charge in [0.1, 0.15) is 6.54 Å². The minimum atomic E-state index is -4.27. The first kappa shape index (κ1) is 13.0. The summed E-state index contributed by atoms with van der Waals surface area (Å²) in [7, 11) is 5.63. The van der Waals surface area contributed by atoms with Gasteiger partial charge in [-0.1, -0.05) is 17.7 Å². The number of alkyl halides is 3. The standard InChI is InChI=1S/C12H17F3N/c1-9-5-6-10(8-16(2,3)4)11(7-9)12(13,14)15/h5-7H,8H2,1-4H3/q+1. The maximum atomic E-state index is 12.8. The number of aryl methyl sites for hydroxylation is 1. The summed E-state index contributed by atoms with van der Waals surface area (Å²) in [6.07, 6.45) is -4.27. The lowest BCUT2D eigenvalue weighted by Crippen LogP contribution is -2.34. The van der Waals surface area contributed by atoms with Crippen molar-refractivity contribution in [1.82, 2.24) is 0 Å². The molecule has 0 aliphatic carbocycles. The van der Waals surface area contributed by atoms with E-state index in [-0.39, 0.29) is 0 Å². The fourth-order valence-corrected chi connectivity index (χ4v) is 1.60. The van der Waals surface area contributed by atoms with E-state index < -0.39 is 11.7 Å². The van der Waals surface area contributed by atoms with E-state index in [9.17, 15) is 13.2 Å². The van der Waals surface area contributed by atoms with Crippen molar-refractivity contribution >= 4 is 0 Å². The monoisotopic (exact) mass is 232 g/mol. The maximum Gasteiger partial charge on any atom is 0.416 e. The fourth-order valence-electron chi connectivity index (χ4n) is 1.60. The highest BCUT2D eigenvalue weighted by molar-refractivity contribution is 5.33. The Morgan fingerprint density at radius 3 is 2.12 bits per heavy atom. The van der Waals surface area contributed by atoms with Crippen LogP contribution >= 0.6 is 0 Å². The van der Waals surface area contributed by atoms with E-state index in [1.807, 2.05) is 21.1 Å². The van der Waals surface area contributed by atoms with Crippen LogP contribution < -0.4 is 0 Å². The van der Waals surface area contributed by atoms with Crippen LogP contribution in [-0.2, 0) is 12.7 Å². The molecule has 4 heteroatoms. The Morgan fingerprint density at radius 1 is 1.12 bits per heavy atom. The minimum Gasteiger partial charge on any atom is -0.327 e. The second-order valence-electron chi connectivity index (χ2n) is 5.11. The summed E-state index contributed by atoms with van der Waals surface area (Å²) >= 11 is 0. The van der Waals surface area contributed by atoms with Crippen molar-refractivity contribution in [3.05, 3.63) is 34.9 Å². The van der Waals surface area contributed by atoms with Crippen molar-refractivity contribution in [1.29, 1.82) is 0 Å². The molecule has 1 aromatic rings. The topological polar surface area (TPSA) is 0 Å². The van der Waals surface area contributed by atoms with Gasteiger partial charge in [-0.2, -0.15) is 13.2 Å². The van der Waals surface area contributed by atoms with Gasteiger partial charge in [-0.25, -0.2) is 0 Å². The van der Waals surface area contributed by atoms with Gasteiger partial charge in [-0.15, -0.1) is 0 Å². The second kappa shape index (κ2) is 4.09. The molecule has 1 aromatic carbocycles. The van der Waals surface area contributed by atoms with E-state index in [0.717, 1.165) is 0 Å². The SMILES string of the molecule is Cc1ccc(C[N+](C)(C)C)c(C(F)(F)F)c1. The van der Waals surface area contributed by atoms with Crippen molar-refractivity contribution < 1.29 is 17.7 Å². The summed E-state index contributed by atoms with van der Waals surface area (Å²) in [6, 6.07) is 4.51. The quantitative estimate of drug-likeness (QED) is 0.687. The highest BCUT2D eigenvalue weighted by atomic mass is 19.4. The molecule has 0 aliphatic rings. The zero-order valence-corrected chi connectivity index (χ0v) is 10.0. The van der Waals surface area contributed by atoms with E-state index in [2.05, 4.69) is 0 Å². The molecule has 0 amide bonds. The summed E-state index contributed by atoms with van der Waals surface area (Å²) in [4.78, 5) is 0. The summed E-state index contributed by atoms with van der Waals surface area (Å²) in [5.41, 5.74) is 0.476. The molecule has 0 atom stereocenters. The van der Waals surface area contributed by atoms with Gasteiger partial charge in [-0.05, 0) is 13.0 Å². The maximum absolute atomic E-state index is 12.8. The molecule has 0 aromatic heterocycles. The molecule has 1 nitrogen and oxygen atoms in total. The van der Waals surface area contributed by atoms with Gasteiger partial charge >= 0.3 is 6.18 Å². The van der Waals surface area contributed by atoms with Crippen LogP contribution in [0.4, 0.5) is 13.2 Å². The molecule has 1 rings (SSSR count). The van der Waals surface area contributed by atoms with Crippen LogP contribution in [0.3, 0.4) is 0 Å². The first-order valence-electron chi connectivity index (χ1n) is 5.07. The molecule has 0 fully saturated rings. The summed E-state index contributed by atoms with van der Waals surface area (Å²) in [5.74, 6) is 0. The summed E-state index contributed by atoms with van der Waals surface area (Å²) in [6.45, 7) is 2.04. The van der Waals surface area contributed by atoms with Gasteiger partial charge in [0, 0.05) is 5.56 Å². The molecule has 0 saturated heterocycles. The largest absolute Gasteiger partial charge is 0.416 e. The van der Waals surface area contributed by atoms with Gasteiger partial charge < -0.3 is 4.48 Å². The van der Waals surface area contributed by atoms with E-state index in [4.69, 9.17) is 0 Å². The first-order valence-corrected chi connectivity index (χ1v) is 5.07. The zero-order chi connectivity index (χ0) is 12.6. The molecule has 0 heterocycles. The number of hydrogen-bond donors (Lipinski definition) is 0. The Kier molecular flexibility index (Phi) is 3.33. The van der Waals surface area contributed by atoms with E-state index in [1.165, 1.54) is 6.07 Å². The molecule has 0 radical (unpaired) electrons. The van der Waals surface area contributed by atoms with Crippen LogP contribution in [0.25, 0.3) is 0 Å². The van der Waals surface area contributed by atoms with Crippen LogP contribution in [0.1, 0.15) is 16.7 Å². The molecular formula is C12H17F3N+. The van der Waals surface area contributed by atoms with Crippen LogP contribution in [0, 0.1) is 6.92 Å². The highest BCUT2D eigenvalue weighted by Crippen LogP contribution is 2.33. The smallest absolute Gasteiger partial charge is 0.327 e. The zero-order valence-electron chi connectivity index (χ0n) is 10.0. The van der Waals surface area contributed by atoms with Gasteiger partial charge in [0.05, 0.1) is 26.7 Å². The number of rotatable bonds is 2. The third-order valence-corrected chi connectivity index (χ3v) is 2.22. The van der Waals surface area contributed by atoms with Gasteiger partial charge in [0.2, 0.25) is 0 Å². The van der Waals surface area contributed by atoms with E-state index >= 15 is 0 Å². The lowest BCUT2D eigenvalue weighted by molar-refractivity contribution is -0.884. The molecule has 0 saturated carbocycles. The molecule has 0 bridgehead atoms. The number of halogens is 3. The van der Waals surface area contributed by atoms with Gasteiger partial charge in [-0.3, -0.25) is 0 Å². The Labute approximate surface area is 94.1 Å². The molecule has 0 spiro atoms. The summed E-state index contributed by atoms with van der Waals surface area (Å²) < 4.78 is 38.9. The van der Waals surface area contributed by atoms with Crippen LogP contribution in [0.2, 0.25) is 0 Å². The second-order valence-corrected chi connectivity index (χ2v) is 5.11. The van der Waals surface area contributed by atoms with Crippen molar-refractivity contribution in [2.24, 2.45) is 0 Å². The molecule has 16 heavy (non-hydrogen) atoms. The number of hydrogen-bond acceptors (Lipinski definition) is 0. The van der Waals surface area contributed by atoms with Crippen LogP contribution in [0.15, 0.2) is 18.2 Å². The average molecular weight is 232 g/mol. The van der Waals surface area contributed by atoms with Crippen molar-refractivity contribution in [3.8, 4) is 0 Å². The number of nitrogens with zero attached hydrogens (tertiary/aromatic N) is 1. The Balaban J connectivity index is 3.19. The number of quaternary nitrogens is 1. The van der Waals surface area contributed by atoms with Crippen molar-refractivity contribution in [3.63, 3.8) is 0 Å². The molecule has 0 N–H and O–H groups in total. The highest BCUT2D eigenvalue weighted by Gasteiger charge is 2.34. The molecule has 0 unspecified atom stereocenters. The van der Waals surface area contributed by atoms with Crippen molar-refractivity contribution in [2.45, 2.75) is 19.6 Å². The Hall–Kier alpha value is -1.03. The fraction of sp³-hybridized carbons (Fsp3) is 0.500. The predicted octanol–water partition coefficient (Wildman–Crippen LogP) is 3.22. The van der Waals surface area contributed by atoms with Crippen LogP contribution in [-0.4, -0.2) is 25.6 Å². The normalized spacial score (nSPS) is 12.9. The Morgan fingerprint density at radius 2 is 1.69 bits per heavy atom. The molecule has 0 aliphatic heterocycles. The van der Waals surface area contributed by atoms with E-state index in [0.29, 0.717) is 22.2 Å². The van der Waals surface area contributed by atoms with E-state index in [1.54, 1.807) is 19.1 Å². The predicted molar refractivity (Wildman–Crippen MR) is 57.9 cm³/mol. The lowest BCUT2D eigenvalue weighted by atomic mass is 10.0. The Bertz CT molecular complexity index is 375. The first-order chi connectivity index (χ1) is 7.09. The minimum absolute atomic E-state index is 0.352. The van der Waals surface area contributed by atoms with Gasteiger partial charge in [0.15, 0.2) is 0 Å². The lowest BCUT2D eigenvalue weighted by Gasteiger charge is -2.25. The number of benzene rings is 1. The summed E-state index contributed by atoms with van der Waals surface area (Å²) in [5, 5.41) is 0. The third kappa shape index (κ3) is 3.52. The van der Waals surface area contributed by atoms with Gasteiger partial charge in [0.25, 0.3) is 0 Å². The van der Waals surface area contributed by atoms with Crippen LogP contribution in [0.5, 0.6) is 0 Å². The molecular weight excluding hydrogens is 215 g/mol. The molecule has 90 valence electrons. The van der Waals surface area contributed by atoms with Crippen molar-refractivity contribution in [2.75, 3.05) is 21.1 Å². The third-order valence-electron chi connectivity index (χ3n) is 2.22. The average Bonchev–Trinajstić information content (AvgIpc) is 2.04.